The highest BCUT2D eigenvalue weighted by Gasteiger charge is 2.42. The standard InChI is InChI=1S/C8H8F4N2O.2ClH/c9-7(8(10,11)12)15-4-1-2-5(13)6(14)3-4;;/h1-3,7H,13-14H2;2*1H. The fraction of sp³-hybridized carbons (Fsp3) is 0.250. The summed E-state index contributed by atoms with van der Waals surface area (Å²) < 4.78 is 51.7. The van der Waals surface area contributed by atoms with Crippen LogP contribution in [-0.4, -0.2) is 12.5 Å². The average Bonchev–Trinajstić information content (AvgIpc) is 2.10. The van der Waals surface area contributed by atoms with Gasteiger partial charge in [0.05, 0.1) is 11.4 Å². The molecule has 1 aromatic carbocycles. The lowest BCUT2D eigenvalue weighted by Crippen LogP contribution is -2.29. The van der Waals surface area contributed by atoms with Crippen LogP contribution in [0.4, 0.5) is 28.9 Å². The second-order valence-electron chi connectivity index (χ2n) is 2.77. The summed E-state index contributed by atoms with van der Waals surface area (Å²) in [5.41, 5.74) is 10.8. The van der Waals surface area contributed by atoms with Gasteiger partial charge in [0.15, 0.2) is 0 Å². The predicted octanol–water partition coefficient (Wildman–Crippen LogP) is 2.93. The Morgan fingerprint density at radius 1 is 1.06 bits per heavy atom. The Labute approximate surface area is 107 Å². The second-order valence-corrected chi connectivity index (χ2v) is 2.77. The number of nitrogen functional groups attached to an aromatic ring is 2. The summed E-state index contributed by atoms with van der Waals surface area (Å²) in [7, 11) is 0. The van der Waals surface area contributed by atoms with E-state index in [1.54, 1.807) is 0 Å². The lowest BCUT2D eigenvalue weighted by atomic mass is 10.2. The van der Waals surface area contributed by atoms with Gasteiger partial charge in [-0.05, 0) is 12.1 Å². The zero-order valence-corrected chi connectivity index (χ0v) is 9.83. The monoisotopic (exact) mass is 296 g/mol. The van der Waals surface area contributed by atoms with E-state index in [4.69, 9.17) is 11.5 Å². The Bertz CT molecular complexity index is 362. The van der Waals surface area contributed by atoms with Gasteiger partial charge in [-0.2, -0.15) is 17.6 Å². The van der Waals surface area contributed by atoms with Crippen LogP contribution >= 0.6 is 24.8 Å². The Kier molecular flexibility index (Phi) is 7.11. The van der Waals surface area contributed by atoms with Crippen molar-refractivity contribution < 1.29 is 22.3 Å². The number of hydrogen-bond acceptors (Lipinski definition) is 3. The van der Waals surface area contributed by atoms with Crippen molar-refractivity contribution in [3.8, 4) is 5.75 Å². The minimum atomic E-state index is -5.06. The molecule has 0 spiro atoms. The van der Waals surface area contributed by atoms with E-state index in [-0.39, 0.29) is 41.9 Å². The maximum atomic E-state index is 12.4. The number of hydrogen-bond donors (Lipinski definition) is 2. The average molecular weight is 297 g/mol. The van der Waals surface area contributed by atoms with Gasteiger partial charge in [0, 0.05) is 6.07 Å². The molecule has 0 aliphatic rings. The fourth-order valence-corrected chi connectivity index (χ4v) is 0.812. The van der Waals surface area contributed by atoms with Crippen LogP contribution in [0, 0.1) is 0 Å². The predicted molar refractivity (Wildman–Crippen MR) is 61.3 cm³/mol. The van der Waals surface area contributed by atoms with Crippen LogP contribution in [0.5, 0.6) is 5.75 Å². The van der Waals surface area contributed by atoms with E-state index in [1.807, 2.05) is 0 Å². The van der Waals surface area contributed by atoms with Gasteiger partial charge >= 0.3 is 12.5 Å². The van der Waals surface area contributed by atoms with Crippen molar-refractivity contribution in [2.45, 2.75) is 12.5 Å². The van der Waals surface area contributed by atoms with E-state index >= 15 is 0 Å². The van der Waals surface area contributed by atoms with Gasteiger partial charge < -0.3 is 16.2 Å². The number of benzene rings is 1. The molecule has 100 valence electrons. The first-order valence-electron chi connectivity index (χ1n) is 3.83. The minimum absolute atomic E-state index is 0. The molecule has 0 bridgehead atoms. The van der Waals surface area contributed by atoms with E-state index < -0.39 is 12.5 Å². The molecule has 1 aromatic rings. The van der Waals surface area contributed by atoms with Gasteiger partial charge in [0.1, 0.15) is 5.75 Å². The third-order valence-corrected chi connectivity index (χ3v) is 1.56. The Morgan fingerprint density at radius 3 is 2.00 bits per heavy atom. The molecule has 0 saturated carbocycles. The molecule has 0 fully saturated rings. The molecule has 0 amide bonds. The Morgan fingerprint density at radius 2 is 1.59 bits per heavy atom. The lowest BCUT2D eigenvalue weighted by molar-refractivity contribution is -0.236. The van der Waals surface area contributed by atoms with Crippen LogP contribution in [0.3, 0.4) is 0 Å². The Balaban J connectivity index is 0. The number of halogens is 6. The Hall–Kier alpha value is -1.08. The van der Waals surface area contributed by atoms with Crippen molar-refractivity contribution in [3.05, 3.63) is 18.2 Å². The molecule has 17 heavy (non-hydrogen) atoms. The van der Waals surface area contributed by atoms with Crippen molar-refractivity contribution in [1.29, 1.82) is 0 Å². The maximum Gasteiger partial charge on any atom is 0.457 e. The number of anilines is 2. The summed E-state index contributed by atoms with van der Waals surface area (Å²) in [5.74, 6) is -0.327. The number of rotatable bonds is 2. The summed E-state index contributed by atoms with van der Waals surface area (Å²) in [6, 6.07) is 3.35. The summed E-state index contributed by atoms with van der Waals surface area (Å²) in [4.78, 5) is 0. The molecule has 0 saturated heterocycles. The van der Waals surface area contributed by atoms with Crippen molar-refractivity contribution in [2.75, 3.05) is 11.5 Å². The molecule has 0 aliphatic heterocycles. The molecule has 3 nitrogen and oxygen atoms in total. The van der Waals surface area contributed by atoms with Crippen LogP contribution in [0.15, 0.2) is 18.2 Å². The third-order valence-electron chi connectivity index (χ3n) is 1.56. The molecule has 4 N–H and O–H groups in total. The summed E-state index contributed by atoms with van der Waals surface area (Å²) in [5, 5.41) is 0. The minimum Gasteiger partial charge on any atom is -0.452 e. The molecule has 9 heteroatoms. The van der Waals surface area contributed by atoms with Gasteiger partial charge in [0.2, 0.25) is 0 Å². The highest BCUT2D eigenvalue weighted by atomic mass is 35.5. The van der Waals surface area contributed by atoms with Crippen molar-refractivity contribution in [2.24, 2.45) is 0 Å². The zero-order valence-electron chi connectivity index (χ0n) is 8.20. The van der Waals surface area contributed by atoms with E-state index in [0.717, 1.165) is 12.1 Å². The largest absolute Gasteiger partial charge is 0.457 e. The first kappa shape index (κ1) is 18.3. The summed E-state index contributed by atoms with van der Waals surface area (Å²) in [6.45, 7) is 0. The second kappa shape index (κ2) is 6.61. The van der Waals surface area contributed by atoms with Gasteiger partial charge in [-0.25, -0.2) is 0 Å². The highest BCUT2D eigenvalue weighted by molar-refractivity contribution is 5.85. The smallest absolute Gasteiger partial charge is 0.452 e. The normalized spacial score (nSPS) is 12.0. The highest BCUT2D eigenvalue weighted by Crippen LogP contribution is 2.28. The van der Waals surface area contributed by atoms with E-state index in [9.17, 15) is 17.6 Å². The maximum absolute atomic E-state index is 12.4. The molecule has 0 heterocycles. The molecule has 1 atom stereocenters. The zero-order chi connectivity index (χ0) is 11.6. The van der Waals surface area contributed by atoms with Crippen molar-refractivity contribution in [1.82, 2.24) is 0 Å². The van der Waals surface area contributed by atoms with E-state index in [2.05, 4.69) is 4.74 Å². The van der Waals surface area contributed by atoms with E-state index in [0.29, 0.717) is 0 Å². The van der Waals surface area contributed by atoms with Gasteiger partial charge in [-0.15, -0.1) is 24.8 Å². The molecule has 1 unspecified atom stereocenters. The number of ether oxygens (including phenoxy) is 1. The van der Waals surface area contributed by atoms with Gasteiger partial charge in [-0.3, -0.25) is 0 Å². The topological polar surface area (TPSA) is 61.3 Å². The van der Waals surface area contributed by atoms with Crippen LogP contribution in [0.1, 0.15) is 0 Å². The molecule has 0 radical (unpaired) electrons. The van der Waals surface area contributed by atoms with Crippen LogP contribution in [-0.2, 0) is 0 Å². The van der Waals surface area contributed by atoms with Crippen LogP contribution in [0.25, 0.3) is 0 Å². The lowest BCUT2D eigenvalue weighted by Gasteiger charge is -2.14. The van der Waals surface area contributed by atoms with Gasteiger partial charge in [-0.1, -0.05) is 0 Å². The molecule has 1 rings (SSSR count). The van der Waals surface area contributed by atoms with Crippen LogP contribution in [0.2, 0.25) is 0 Å². The summed E-state index contributed by atoms with van der Waals surface area (Å²) >= 11 is 0. The first-order chi connectivity index (χ1) is 6.80. The van der Waals surface area contributed by atoms with Gasteiger partial charge in [0.25, 0.3) is 0 Å². The quantitative estimate of drug-likeness (QED) is 0.651. The molecular weight excluding hydrogens is 287 g/mol. The molecule has 0 aromatic heterocycles. The number of nitrogens with two attached hydrogens (primary N) is 2. The van der Waals surface area contributed by atoms with Crippen molar-refractivity contribution >= 4 is 36.2 Å². The van der Waals surface area contributed by atoms with Crippen molar-refractivity contribution in [3.63, 3.8) is 0 Å². The molecular formula is C8H10Cl2F4N2O. The SMILES string of the molecule is Cl.Cl.Nc1ccc(OC(F)C(F)(F)F)cc1N. The fourth-order valence-electron chi connectivity index (χ4n) is 0.812. The van der Waals surface area contributed by atoms with Crippen LogP contribution < -0.4 is 16.2 Å². The molecule has 0 aliphatic carbocycles. The first-order valence-corrected chi connectivity index (χ1v) is 3.83. The third kappa shape index (κ3) is 5.18. The van der Waals surface area contributed by atoms with E-state index in [1.165, 1.54) is 6.07 Å². The summed E-state index contributed by atoms with van der Waals surface area (Å²) in [6.07, 6.45) is -8.43. The number of alkyl halides is 4.